The molecule has 8 aromatic rings. The monoisotopic (exact) mass is 848 g/mol. The number of aromatic nitrogens is 2. The lowest BCUT2D eigenvalue weighted by Gasteiger charge is -2.07. The normalized spacial score (nSPS) is 10.6. The number of amides is 1. The predicted molar refractivity (Wildman–Crippen MR) is 238 cm³/mol. The van der Waals surface area contributed by atoms with E-state index >= 15 is 0 Å². The molecule has 0 fully saturated rings. The molecule has 0 atom stereocenters. The average molecular weight is 849 g/mol. The van der Waals surface area contributed by atoms with Crippen molar-refractivity contribution in [2.24, 2.45) is 0 Å². The summed E-state index contributed by atoms with van der Waals surface area (Å²) < 4.78 is 36.4. The Morgan fingerprint density at radius 2 is 1.07 bits per heavy atom. The second kappa shape index (κ2) is 20.5. The first-order valence-electron chi connectivity index (χ1n) is 18.4. The van der Waals surface area contributed by atoms with Crippen molar-refractivity contribution in [2.45, 2.75) is 13.8 Å². The number of alkyl halides is 2. The summed E-state index contributed by atoms with van der Waals surface area (Å²) in [6, 6.07) is 40.9. The van der Waals surface area contributed by atoms with Gasteiger partial charge in [0.05, 0.1) is 20.4 Å². The van der Waals surface area contributed by atoms with E-state index in [4.69, 9.17) is 26.8 Å². The van der Waals surface area contributed by atoms with Gasteiger partial charge in [-0.15, -0.1) is 22.7 Å². The largest absolute Gasteiger partial charge is 0.491 e. The van der Waals surface area contributed by atoms with Crippen LogP contribution in [-0.4, -0.2) is 47.7 Å². The molecule has 0 aliphatic heterocycles. The van der Waals surface area contributed by atoms with Crippen molar-refractivity contribution in [2.75, 3.05) is 37.6 Å². The zero-order valence-corrected chi connectivity index (χ0v) is 34.5. The molecule has 0 saturated heterocycles. The van der Waals surface area contributed by atoms with Crippen molar-refractivity contribution >= 4 is 77.2 Å². The number of fused-ring (bicyclic) bond motifs is 2. The number of aryl methyl sites for hydroxylation is 2. The fraction of sp³-hybridized carbons (Fsp3) is 0.130. The van der Waals surface area contributed by atoms with Crippen LogP contribution < -0.4 is 20.5 Å². The zero-order chi connectivity index (χ0) is 41.7. The Balaban J connectivity index is 0.000000165. The number of thiazole rings is 2. The van der Waals surface area contributed by atoms with Crippen molar-refractivity contribution in [3.05, 3.63) is 156 Å². The Kier molecular flexibility index (Phi) is 14.7. The number of nitrogens with two attached hydrogens (primary N) is 1. The van der Waals surface area contributed by atoms with Crippen molar-refractivity contribution < 1.29 is 27.8 Å². The van der Waals surface area contributed by atoms with Crippen LogP contribution in [0.25, 0.3) is 41.6 Å². The molecule has 59 heavy (non-hydrogen) atoms. The number of hydrogen-bond acceptors (Lipinski definition) is 9. The second-order valence-electron chi connectivity index (χ2n) is 13.0. The highest BCUT2D eigenvalue weighted by Gasteiger charge is 2.10. The van der Waals surface area contributed by atoms with Gasteiger partial charge in [0.25, 0.3) is 11.1 Å². The van der Waals surface area contributed by atoms with Gasteiger partial charge in [-0.05, 0) is 158 Å². The van der Waals surface area contributed by atoms with Gasteiger partial charge in [-0.2, -0.15) is 0 Å². The molecular formula is C46H39ClF2N4O4S2. The highest BCUT2D eigenvalue weighted by molar-refractivity contribution is 7.22. The number of nitrogen functional groups attached to an aromatic ring is 1. The van der Waals surface area contributed by atoms with Crippen LogP contribution in [0.4, 0.5) is 20.2 Å². The predicted octanol–water partition coefficient (Wildman–Crippen LogP) is 12.1. The molecule has 0 aliphatic carbocycles. The molecule has 0 spiro atoms. The summed E-state index contributed by atoms with van der Waals surface area (Å²) in [5, 5.41) is 4.36. The van der Waals surface area contributed by atoms with Crippen LogP contribution in [-0.2, 0) is 0 Å². The second-order valence-corrected chi connectivity index (χ2v) is 15.4. The van der Waals surface area contributed by atoms with E-state index in [2.05, 4.69) is 59.5 Å². The lowest BCUT2D eigenvalue weighted by Crippen LogP contribution is -2.11. The van der Waals surface area contributed by atoms with Gasteiger partial charge in [-0.1, -0.05) is 12.1 Å². The number of benzene rings is 6. The van der Waals surface area contributed by atoms with E-state index in [0.29, 0.717) is 28.3 Å². The van der Waals surface area contributed by atoms with Gasteiger partial charge in [0, 0.05) is 33.6 Å². The number of ether oxygens (including phenoxy) is 2. The number of hydrogen-bond donors (Lipinski definition) is 2. The van der Waals surface area contributed by atoms with E-state index in [0.717, 1.165) is 42.6 Å². The van der Waals surface area contributed by atoms with E-state index in [1.807, 2.05) is 54.6 Å². The smallest absolute Gasteiger partial charge is 0.255 e. The Bertz CT molecular complexity index is 2640. The molecule has 300 valence electrons. The molecule has 0 radical (unpaired) electrons. The van der Waals surface area contributed by atoms with Crippen LogP contribution in [0, 0.1) is 13.8 Å². The fourth-order valence-corrected chi connectivity index (χ4v) is 7.80. The molecule has 8 nitrogen and oxygen atoms in total. The number of nitrogens with zero attached hydrogens (tertiary/aromatic N) is 2. The number of carbonyl (C=O) groups is 2. The number of carbonyl (C=O) groups excluding carboxylic acids is 2. The van der Waals surface area contributed by atoms with E-state index in [-0.39, 0.29) is 19.1 Å². The van der Waals surface area contributed by atoms with Crippen molar-refractivity contribution in [3.63, 3.8) is 0 Å². The molecule has 0 aliphatic rings. The van der Waals surface area contributed by atoms with Crippen LogP contribution in [0.2, 0.25) is 0 Å². The van der Waals surface area contributed by atoms with Gasteiger partial charge in [0.15, 0.2) is 0 Å². The minimum atomic E-state index is -0.547. The van der Waals surface area contributed by atoms with Crippen LogP contribution >= 0.6 is 34.3 Å². The van der Waals surface area contributed by atoms with Gasteiger partial charge in [0.2, 0.25) is 0 Å². The van der Waals surface area contributed by atoms with Crippen LogP contribution in [0.5, 0.6) is 11.5 Å². The van der Waals surface area contributed by atoms with Crippen molar-refractivity contribution in [3.8, 4) is 32.6 Å². The molecule has 2 aromatic heterocycles. The van der Waals surface area contributed by atoms with Crippen LogP contribution in [0.1, 0.15) is 31.8 Å². The summed E-state index contributed by atoms with van der Waals surface area (Å²) in [5.74, 6) is 0.846. The Morgan fingerprint density at radius 3 is 1.51 bits per heavy atom. The number of rotatable bonds is 11. The Morgan fingerprint density at radius 1 is 0.627 bits per heavy atom. The minimum Gasteiger partial charge on any atom is -0.491 e. The lowest BCUT2D eigenvalue weighted by molar-refractivity contribution is 0.102. The van der Waals surface area contributed by atoms with E-state index in [1.54, 1.807) is 59.1 Å². The maximum atomic E-state index is 12.4. The minimum absolute atomic E-state index is 0.00611. The number of anilines is 2. The summed E-state index contributed by atoms with van der Waals surface area (Å²) in [6.07, 6.45) is 0. The maximum Gasteiger partial charge on any atom is 0.255 e. The summed E-state index contributed by atoms with van der Waals surface area (Å²) in [5.41, 5.74) is 14.7. The van der Waals surface area contributed by atoms with Gasteiger partial charge >= 0.3 is 0 Å². The van der Waals surface area contributed by atoms with E-state index in [9.17, 15) is 18.4 Å². The Hall–Kier alpha value is -6.21. The fourth-order valence-electron chi connectivity index (χ4n) is 5.53. The molecule has 0 bridgehead atoms. The van der Waals surface area contributed by atoms with Gasteiger partial charge in [-0.3, -0.25) is 9.59 Å². The topological polar surface area (TPSA) is 116 Å². The summed E-state index contributed by atoms with van der Waals surface area (Å²) in [7, 11) is 0. The Labute approximate surface area is 353 Å². The summed E-state index contributed by atoms with van der Waals surface area (Å²) >= 11 is 8.59. The molecule has 13 heteroatoms. The van der Waals surface area contributed by atoms with E-state index in [1.165, 1.54) is 28.0 Å². The van der Waals surface area contributed by atoms with Crippen molar-refractivity contribution in [1.29, 1.82) is 0 Å². The van der Waals surface area contributed by atoms with Crippen LogP contribution in [0.3, 0.4) is 0 Å². The molecule has 8 rings (SSSR count). The summed E-state index contributed by atoms with van der Waals surface area (Å²) in [4.78, 5) is 32.4. The number of nitrogens with one attached hydrogen (secondary N) is 1. The SMILES string of the molecule is Cc1ccc2nc(-c3ccc(N)cc3)sc2c1.Cc1ccc2nc(-c3ccc(NC(=O)c4ccc(OCCF)cc4)cc3)sc2c1.O=C(Cl)c1ccc(OCCF)cc1. The first-order chi connectivity index (χ1) is 28.6. The first-order valence-corrected chi connectivity index (χ1v) is 20.4. The molecule has 3 N–H and O–H groups in total. The average Bonchev–Trinajstić information content (AvgIpc) is 3.87. The standard InChI is InChI=1S/C23H19FN2O2S.C14H12N2S.C9H8ClFO2/c1-15-2-11-20-21(14-15)29-23(26-20)17-3-7-18(8-4-17)25-22(27)16-5-9-19(10-6-16)28-13-12-24;1-9-2-7-12-13(8-9)17-14(16-12)10-3-5-11(15)6-4-10;10-9(12)7-1-3-8(4-2-7)13-6-5-11/h2-11,14H,12-13H2,1H3,(H,25,27);2-8H,15H2,1H3;1-4H,5-6H2. The zero-order valence-electron chi connectivity index (χ0n) is 32.1. The first kappa shape index (κ1) is 42.4. The van der Waals surface area contributed by atoms with Gasteiger partial charge in [0.1, 0.15) is 48.1 Å². The van der Waals surface area contributed by atoms with Crippen molar-refractivity contribution in [1.82, 2.24) is 9.97 Å². The molecule has 0 unspecified atom stereocenters. The van der Waals surface area contributed by atoms with Gasteiger partial charge < -0.3 is 20.5 Å². The third-order valence-electron chi connectivity index (χ3n) is 8.52. The molecule has 1 amide bonds. The third kappa shape index (κ3) is 11.9. The van der Waals surface area contributed by atoms with E-state index < -0.39 is 18.6 Å². The highest BCUT2D eigenvalue weighted by Crippen LogP contribution is 2.32. The molecule has 0 saturated carbocycles. The quantitative estimate of drug-likeness (QED) is 0.0983. The number of halogens is 3. The lowest BCUT2D eigenvalue weighted by atomic mass is 10.2. The molecule has 6 aromatic carbocycles. The molecule has 2 heterocycles. The molecular weight excluding hydrogens is 810 g/mol. The third-order valence-corrected chi connectivity index (χ3v) is 10.9. The summed E-state index contributed by atoms with van der Waals surface area (Å²) in [6.45, 7) is 3.12. The van der Waals surface area contributed by atoms with Gasteiger partial charge in [-0.25, -0.2) is 18.7 Å². The maximum absolute atomic E-state index is 12.4. The highest BCUT2D eigenvalue weighted by atomic mass is 35.5. The van der Waals surface area contributed by atoms with Crippen LogP contribution in [0.15, 0.2) is 133 Å².